The van der Waals surface area contributed by atoms with Crippen LogP contribution in [-0.4, -0.2) is 20.1 Å². The Morgan fingerprint density at radius 3 is 2.00 bits per heavy atom. The topological polar surface area (TPSA) is 75.3 Å². The van der Waals surface area contributed by atoms with E-state index in [1.54, 1.807) is 36.4 Å². The summed E-state index contributed by atoms with van der Waals surface area (Å²) in [6.07, 6.45) is -0.0970. The number of aryl methyl sites for hydroxylation is 1. The van der Waals surface area contributed by atoms with Crippen LogP contribution in [0.1, 0.15) is 12.0 Å². The highest BCUT2D eigenvalue weighted by atomic mass is 32.2. The molecule has 0 aliphatic rings. The van der Waals surface area contributed by atoms with Crippen LogP contribution in [0.3, 0.4) is 0 Å². The van der Waals surface area contributed by atoms with E-state index in [1.807, 2.05) is 49.4 Å². The molecular weight excluding hydrogens is 372 g/mol. The van der Waals surface area contributed by atoms with Gasteiger partial charge in [-0.15, -0.1) is 0 Å². The Balaban J connectivity index is 1.54. The quantitative estimate of drug-likeness (QED) is 0.617. The largest absolute Gasteiger partial charge is 0.356 e. The monoisotopic (exact) mass is 394 g/mol. The van der Waals surface area contributed by atoms with E-state index in [-0.39, 0.29) is 23.0 Å². The third-order valence-corrected chi connectivity index (χ3v) is 5.94. The number of hydrogen-bond donors (Lipinski definition) is 2. The second-order valence-corrected chi connectivity index (χ2v) is 8.61. The van der Waals surface area contributed by atoms with E-state index in [0.717, 1.165) is 16.9 Å². The lowest BCUT2D eigenvalue weighted by Crippen LogP contribution is -2.17. The number of sulfone groups is 1. The van der Waals surface area contributed by atoms with Gasteiger partial charge in [0, 0.05) is 23.5 Å². The summed E-state index contributed by atoms with van der Waals surface area (Å²) in [5.74, 6) is -0.560. The van der Waals surface area contributed by atoms with Crippen molar-refractivity contribution >= 4 is 32.8 Å². The minimum Gasteiger partial charge on any atom is -0.356 e. The molecule has 0 fully saturated rings. The molecule has 144 valence electrons. The molecule has 6 heteroatoms. The van der Waals surface area contributed by atoms with Crippen LogP contribution < -0.4 is 10.6 Å². The molecule has 0 saturated carbocycles. The van der Waals surface area contributed by atoms with Crippen LogP contribution in [0.25, 0.3) is 0 Å². The number of nitrogens with one attached hydrogen (secondary N) is 2. The minimum absolute atomic E-state index is 0.0970. The van der Waals surface area contributed by atoms with Gasteiger partial charge in [-0.1, -0.05) is 35.9 Å². The maximum absolute atomic E-state index is 12.3. The summed E-state index contributed by atoms with van der Waals surface area (Å²) in [7, 11) is -3.48. The first-order valence-corrected chi connectivity index (χ1v) is 10.6. The smallest absolute Gasteiger partial charge is 0.225 e. The summed E-state index contributed by atoms with van der Waals surface area (Å²) >= 11 is 0. The van der Waals surface area contributed by atoms with Gasteiger partial charge in [0.25, 0.3) is 0 Å². The van der Waals surface area contributed by atoms with Gasteiger partial charge in [0.1, 0.15) is 0 Å². The maximum atomic E-state index is 12.3. The highest BCUT2D eigenvalue weighted by Gasteiger charge is 2.16. The zero-order valence-corrected chi connectivity index (χ0v) is 16.4. The summed E-state index contributed by atoms with van der Waals surface area (Å²) < 4.78 is 24.7. The highest BCUT2D eigenvalue weighted by Crippen LogP contribution is 2.19. The SMILES string of the molecule is Cc1ccc(S(=O)(=O)CCC(=O)Nc2ccc(Nc3ccccc3)cc2)cc1. The van der Waals surface area contributed by atoms with E-state index in [2.05, 4.69) is 10.6 Å². The van der Waals surface area contributed by atoms with Crippen LogP contribution >= 0.6 is 0 Å². The molecule has 0 unspecified atom stereocenters. The summed E-state index contributed by atoms with van der Waals surface area (Å²) in [5, 5.41) is 5.99. The normalized spacial score (nSPS) is 11.0. The molecule has 3 aromatic carbocycles. The van der Waals surface area contributed by atoms with Gasteiger partial charge in [0.2, 0.25) is 5.91 Å². The first-order valence-electron chi connectivity index (χ1n) is 8.94. The van der Waals surface area contributed by atoms with Crippen molar-refractivity contribution in [3.05, 3.63) is 84.4 Å². The zero-order valence-electron chi connectivity index (χ0n) is 15.6. The fourth-order valence-electron chi connectivity index (χ4n) is 2.64. The van der Waals surface area contributed by atoms with Gasteiger partial charge < -0.3 is 10.6 Å². The molecular formula is C22H22N2O3S. The average molecular weight is 394 g/mol. The Labute approximate surface area is 165 Å². The van der Waals surface area contributed by atoms with Gasteiger partial charge >= 0.3 is 0 Å². The fourth-order valence-corrected chi connectivity index (χ4v) is 3.88. The lowest BCUT2D eigenvalue weighted by atomic mass is 10.2. The molecule has 0 aromatic heterocycles. The summed E-state index contributed by atoms with van der Waals surface area (Å²) in [5.41, 5.74) is 3.48. The molecule has 2 N–H and O–H groups in total. The molecule has 0 aliphatic heterocycles. The van der Waals surface area contributed by atoms with E-state index in [0.29, 0.717) is 5.69 Å². The summed E-state index contributed by atoms with van der Waals surface area (Å²) in [4.78, 5) is 12.4. The van der Waals surface area contributed by atoms with Gasteiger partial charge in [0.15, 0.2) is 9.84 Å². The molecule has 28 heavy (non-hydrogen) atoms. The molecule has 3 aromatic rings. The predicted molar refractivity (Wildman–Crippen MR) is 113 cm³/mol. The fraction of sp³-hybridized carbons (Fsp3) is 0.136. The van der Waals surface area contributed by atoms with Crippen molar-refractivity contribution in [2.45, 2.75) is 18.2 Å². The predicted octanol–water partition coefficient (Wildman–Crippen LogP) is 4.54. The van der Waals surface area contributed by atoms with Gasteiger partial charge in [-0.05, 0) is 55.5 Å². The molecule has 3 rings (SSSR count). The number of rotatable bonds is 7. The summed E-state index contributed by atoms with van der Waals surface area (Å²) in [6.45, 7) is 1.89. The molecule has 0 spiro atoms. The number of benzene rings is 3. The van der Waals surface area contributed by atoms with Crippen LogP contribution in [0.4, 0.5) is 17.1 Å². The maximum Gasteiger partial charge on any atom is 0.225 e. The average Bonchev–Trinajstić information content (AvgIpc) is 2.69. The third-order valence-electron chi connectivity index (χ3n) is 4.21. The Bertz CT molecular complexity index is 1030. The van der Waals surface area contributed by atoms with Crippen molar-refractivity contribution in [1.29, 1.82) is 0 Å². The van der Waals surface area contributed by atoms with Crippen molar-refractivity contribution in [2.24, 2.45) is 0 Å². The van der Waals surface area contributed by atoms with Gasteiger partial charge in [-0.3, -0.25) is 4.79 Å². The number of carbonyl (C=O) groups is 1. The zero-order chi connectivity index (χ0) is 20.0. The van der Waals surface area contributed by atoms with Crippen molar-refractivity contribution in [3.63, 3.8) is 0 Å². The van der Waals surface area contributed by atoms with E-state index in [9.17, 15) is 13.2 Å². The second-order valence-electron chi connectivity index (χ2n) is 6.50. The third kappa shape index (κ3) is 5.44. The minimum atomic E-state index is -3.48. The number of carbonyl (C=O) groups excluding carboxylic acids is 1. The van der Waals surface area contributed by atoms with E-state index < -0.39 is 9.84 Å². The second kappa shape index (κ2) is 8.71. The Morgan fingerprint density at radius 1 is 0.786 bits per heavy atom. The van der Waals surface area contributed by atoms with Crippen LogP contribution in [0, 0.1) is 6.92 Å². The first-order chi connectivity index (χ1) is 13.4. The van der Waals surface area contributed by atoms with Crippen molar-refractivity contribution in [1.82, 2.24) is 0 Å². The van der Waals surface area contributed by atoms with Gasteiger partial charge in [0.05, 0.1) is 10.6 Å². The Hall–Kier alpha value is -3.12. The van der Waals surface area contributed by atoms with Crippen LogP contribution in [0.5, 0.6) is 0 Å². The number of hydrogen-bond acceptors (Lipinski definition) is 4. The highest BCUT2D eigenvalue weighted by molar-refractivity contribution is 7.91. The van der Waals surface area contributed by atoms with Crippen molar-refractivity contribution in [2.75, 3.05) is 16.4 Å². The lowest BCUT2D eigenvalue weighted by molar-refractivity contribution is -0.115. The van der Waals surface area contributed by atoms with E-state index in [4.69, 9.17) is 0 Å². The molecule has 5 nitrogen and oxygen atoms in total. The number of amides is 1. The summed E-state index contributed by atoms with van der Waals surface area (Å²) in [6, 6.07) is 23.7. The van der Waals surface area contributed by atoms with Gasteiger partial charge in [-0.25, -0.2) is 8.42 Å². The van der Waals surface area contributed by atoms with Gasteiger partial charge in [-0.2, -0.15) is 0 Å². The number of para-hydroxylation sites is 1. The van der Waals surface area contributed by atoms with E-state index >= 15 is 0 Å². The van der Waals surface area contributed by atoms with Crippen molar-refractivity contribution < 1.29 is 13.2 Å². The van der Waals surface area contributed by atoms with Crippen molar-refractivity contribution in [3.8, 4) is 0 Å². The molecule has 0 aliphatic carbocycles. The molecule has 0 atom stereocenters. The Morgan fingerprint density at radius 2 is 1.36 bits per heavy atom. The molecule has 0 bridgehead atoms. The number of anilines is 3. The standard InChI is InChI=1S/C22H22N2O3S/c1-17-7-13-21(14-8-17)28(26,27)16-15-22(25)24-20-11-9-19(10-12-20)23-18-5-3-2-4-6-18/h2-14,23H,15-16H2,1H3,(H,24,25). The molecule has 0 saturated heterocycles. The molecule has 0 heterocycles. The lowest BCUT2D eigenvalue weighted by Gasteiger charge is -2.09. The Kier molecular flexibility index (Phi) is 6.11. The van der Waals surface area contributed by atoms with Crippen LogP contribution in [0.15, 0.2) is 83.8 Å². The van der Waals surface area contributed by atoms with Crippen LogP contribution in [0.2, 0.25) is 0 Å². The van der Waals surface area contributed by atoms with E-state index in [1.165, 1.54) is 0 Å². The van der Waals surface area contributed by atoms with Crippen LogP contribution in [-0.2, 0) is 14.6 Å². The molecule has 0 radical (unpaired) electrons. The molecule has 1 amide bonds. The first kappa shape index (κ1) is 19.6.